The fourth-order valence-corrected chi connectivity index (χ4v) is 2.08. The molecule has 1 aliphatic heterocycles. The highest BCUT2D eigenvalue weighted by Gasteiger charge is 2.17. The summed E-state index contributed by atoms with van der Waals surface area (Å²) in [6, 6.07) is 11.5. The molecule has 0 fully saturated rings. The molecule has 0 saturated carbocycles. The van der Waals surface area contributed by atoms with Gasteiger partial charge in [0.15, 0.2) is 0 Å². The highest BCUT2D eigenvalue weighted by atomic mass is 16.5. The highest BCUT2D eigenvalue weighted by molar-refractivity contribution is 5.90. The van der Waals surface area contributed by atoms with Crippen molar-refractivity contribution >= 4 is 11.7 Å². The van der Waals surface area contributed by atoms with Crippen molar-refractivity contribution in [1.82, 2.24) is 4.98 Å². The van der Waals surface area contributed by atoms with E-state index in [2.05, 4.69) is 10.3 Å². The Labute approximate surface area is 117 Å². The second-order valence-corrected chi connectivity index (χ2v) is 4.59. The van der Waals surface area contributed by atoms with Crippen LogP contribution in [0, 0.1) is 0 Å². The second-order valence-electron chi connectivity index (χ2n) is 4.59. The van der Waals surface area contributed by atoms with Crippen LogP contribution in [0.25, 0.3) is 0 Å². The minimum absolute atomic E-state index is 0.289. The average Bonchev–Trinajstić information content (AvgIpc) is 2.53. The van der Waals surface area contributed by atoms with Crippen LogP contribution < -0.4 is 5.32 Å². The van der Waals surface area contributed by atoms with Gasteiger partial charge in [0, 0.05) is 30.7 Å². The van der Waals surface area contributed by atoms with Crippen molar-refractivity contribution in [3.8, 4) is 0 Å². The number of fused-ring (bicyclic) bond motifs is 1. The maximum atomic E-state index is 12.0. The maximum absolute atomic E-state index is 12.0. The van der Waals surface area contributed by atoms with Crippen molar-refractivity contribution in [3.05, 3.63) is 71.7 Å². The Morgan fingerprint density at radius 3 is 2.95 bits per heavy atom. The number of rotatable bonds is 3. The van der Waals surface area contributed by atoms with Crippen LogP contribution >= 0.6 is 0 Å². The van der Waals surface area contributed by atoms with E-state index < -0.39 is 0 Å². The summed E-state index contributed by atoms with van der Waals surface area (Å²) in [7, 11) is 0. The van der Waals surface area contributed by atoms with E-state index in [9.17, 15) is 4.79 Å². The smallest absolute Gasteiger partial charge is 0.336 e. The van der Waals surface area contributed by atoms with Crippen LogP contribution in [-0.2, 0) is 22.6 Å². The lowest BCUT2D eigenvalue weighted by atomic mass is 10.0. The largest absolute Gasteiger partial charge is 0.457 e. The first-order chi connectivity index (χ1) is 9.83. The third kappa shape index (κ3) is 2.69. The van der Waals surface area contributed by atoms with Gasteiger partial charge in [0.25, 0.3) is 0 Å². The highest BCUT2D eigenvalue weighted by Crippen LogP contribution is 2.23. The molecule has 1 N–H and O–H groups in total. The van der Waals surface area contributed by atoms with Gasteiger partial charge in [-0.05, 0) is 17.2 Å². The van der Waals surface area contributed by atoms with Crippen LogP contribution in [0.15, 0.2) is 60.6 Å². The average molecular weight is 266 g/mol. The molecule has 2 heterocycles. The quantitative estimate of drug-likeness (QED) is 0.868. The van der Waals surface area contributed by atoms with E-state index in [1.165, 1.54) is 0 Å². The Hall–Kier alpha value is -2.62. The summed E-state index contributed by atoms with van der Waals surface area (Å²) in [6.45, 7) is 0.289. The molecule has 0 amide bonds. The number of hydrogen-bond acceptors (Lipinski definition) is 4. The molecule has 100 valence electrons. The number of carbonyl (C=O) groups is 1. The Morgan fingerprint density at radius 2 is 2.10 bits per heavy atom. The van der Waals surface area contributed by atoms with Gasteiger partial charge in [-0.3, -0.25) is 4.98 Å². The topological polar surface area (TPSA) is 51.2 Å². The molecule has 1 aromatic carbocycles. The van der Waals surface area contributed by atoms with Crippen molar-refractivity contribution in [2.75, 3.05) is 5.32 Å². The number of hydrogen-bond donors (Lipinski definition) is 1. The first kappa shape index (κ1) is 12.4. The van der Waals surface area contributed by atoms with E-state index in [-0.39, 0.29) is 12.6 Å². The summed E-state index contributed by atoms with van der Waals surface area (Å²) in [6.07, 6.45) is 5.73. The summed E-state index contributed by atoms with van der Waals surface area (Å²) in [5.41, 5.74) is 3.58. The fourth-order valence-electron chi connectivity index (χ4n) is 2.08. The van der Waals surface area contributed by atoms with Crippen LogP contribution in [0.4, 0.5) is 5.69 Å². The van der Waals surface area contributed by atoms with Gasteiger partial charge in [0.2, 0.25) is 0 Å². The number of aromatic nitrogens is 1. The predicted molar refractivity (Wildman–Crippen MR) is 75.9 cm³/mol. The number of nitrogens with one attached hydrogen (secondary N) is 1. The first-order valence-corrected chi connectivity index (χ1v) is 6.42. The van der Waals surface area contributed by atoms with Gasteiger partial charge in [-0.25, -0.2) is 4.79 Å². The normalized spacial score (nSPS) is 12.9. The van der Waals surface area contributed by atoms with Crippen LogP contribution in [0.1, 0.15) is 11.1 Å². The third-order valence-corrected chi connectivity index (χ3v) is 3.16. The van der Waals surface area contributed by atoms with Crippen LogP contribution in [0.5, 0.6) is 0 Å². The molecule has 3 rings (SSSR count). The molecule has 4 heteroatoms. The monoisotopic (exact) mass is 266 g/mol. The zero-order valence-electron chi connectivity index (χ0n) is 10.9. The number of carbonyl (C=O) groups excluding carboxylic acids is 1. The van der Waals surface area contributed by atoms with Crippen molar-refractivity contribution in [1.29, 1.82) is 0 Å². The lowest BCUT2D eigenvalue weighted by molar-refractivity contribution is -0.140. The molecule has 1 aromatic heterocycles. The zero-order chi connectivity index (χ0) is 13.8. The minimum Gasteiger partial charge on any atom is -0.457 e. The minimum atomic E-state index is -0.296. The SMILES string of the molecule is O=C(OCc1ccccc1)C1=CNc2ccncc2C1. The number of anilines is 1. The number of pyridine rings is 1. The van der Waals surface area contributed by atoms with Gasteiger partial charge >= 0.3 is 5.97 Å². The fraction of sp³-hybridized carbons (Fsp3) is 0.125. The summed E-state index contributed by atoms with van der Waals surface area (Å²) in [5.74, 6) is -0.296. The van der Waals surface area contributed by atoms with E-state index in [1.807, 2.05) is 36.4 Å². The van der Waals surface area contributed by atoms with Gasteiger partial charge in [0.1, 0.15) is 6.61 Å². The lowest BCUT2D eigenvalue weighted by Gasteiger charge is -2.16. The van der Waals surface area contributed by atoms with Crippen molar-refractivity contribution in [2.24, 2.45) is 0 Å². The van der Waals surface area contributed by atoms with Crippen molar-refractivity contribution in [2.45, 2.75) is 13.0 Å². The number of nitrogens with zero attached hydrogens (tertiary/aromatic N) is 1. The van der Waals surface area contributed by atoms with Gasteiger partial charge < -0.3 is 10.1 Å². The summed E-state index contributed by atoms with van der Waals surface area (Å²) in [5, 5.41) is 3.09. The van der Waals surface area contributed by atoms with Gasteiger partial charge in [-0.1, -0.05) is 30.3 Å². The molecule has 20 heavy (non-hydrogen) atoms. The molecule has 0 unspecified atom stereocenters. The molecular weight excluding hydrogens is 252 g/mol. The molecule has 0 bridgehead atoms. The summed E-state index contributed by atoms with van der Waals surface area (Å²) < 4.78 is 5.31. The number of benzene rings is 1. The molecule has 0 atom stereocenters. The van der Waals surface area contributed by atoms with Gasteiger partial charge in [-0.15, -0.1) is 0 Å². The third-order valence-electron chi connectivity index (χ3n) is 3.16. The number of ether oxygens (including phenoxy) is 1. The van der Waals surface area contributed by atoms with E-state index in [4.69, 9.17) is 4.74 Å². The predicted octanol–water partition coefficient (Wildman–Crippen LogP) is 2.68. The zero-order valence-corrected chi connectivity index (χ0v) is 10.9. The molecule has 0 radical (unpaired) electrons. The van der Waals surface area contributed by atoms with E-state index in [0.717, 1.165) is 16.8 Å². The Balaban J connectivity index is 1.63. The molecule has 4 nitrogen and oxygen atoms in total. The Morgan fingerprint density at radius 1 is 1.25 bits per heavy atom. The maximum Gasteiger partial charge on any atom is 0.336 e. The van der Waals surface area contributed by atoms with Gasteiger partial charge in [0.05, 0.1) is 5.57 Å². The lowest BCUT2D eigenvalue weighted by Crippen LogP contribution is -2.15. The Bertz CT molecular complexity index is 651. The molecule has 0 spiro atoms. The van der Waals surface area contributed by atoms with E-state index >= 15 is 0 Å². The Kier molecular flexibility index (Phi) is 3.46. The molecule has 2 aromatic rings. The van der Waals surface area contributed by atoms with Crippen LogP contribution in [0.2, 0.25) is 0 Å². The second kappa shape index (κ2) is 5.57. The summed E-state index contributed by atoms with van der Waals surface area (Å²) >= 11 is 0. The van der Waals surface area contributed by atoms with Crippen molar-refractivity contribution < 1.29 is 9.53 Å². The van der Waals surface area contributed by atoms with Crippen LogP contribution in [-0.4, -0.2) is 11.0 Å². The molecule has 1 aliphatic rings. The van der Waals surface area contributed by atoms with E-state index in [1.54, 1.807) is 18.6 Å². The van der Waals surface area contributed by atoms with Crippen molar-refractivity contribution in [3.63, 3.8) is 0 Å². The number of esters is 1. The first-order valence-electron chi connectivity index (χ1n) is 6.42. The summed E-state index contributed by atoms with van der Waals surface area (Å²) in [4.78, 5) is 16.1. The van der Waals surface area contributed by atoms with E-state index in [0.29, 0.717) is 12.0 Å². The molecule has 0 aliphatic carbocycles. The van der Waals surface area contributed by atoms with Crippen LogP contribution in [0.3, 0.4) is 0 Å². The standard InChI is InChI=1S/C16H14N2O2/c19-16(20-11-12-4-2-1-3-5-12)14-8-13-9-17-7-6-15(13)18-10-14/h1-7,9-10,18H,8,11H2. The molecular formula is C16H14N2O2. The molecule has 0 saturated heterocycles. The van der Waals surface area contributed by atoms with Gasteiger partial charge in [-0.2, -0.15) is 0 Å².